The summed E-state index contributed by atoms with van der Waals surface area (Å²) in [6.07, 6.45) is 2.96. The lowest BCUT2D eigenvalue weighted by molar-refractivity contribution is -0.121. The van der Waals surface area contributed by atoms with Crippen LogP contribution in [-0.4, -0.2) is 40.0 Å². The molecule has 3 rings (SSSR count). The summed E-state index contributed by atoms with van der Waals surface area (Å²) >= 11 is 7.05. The first-order valence-electron chi connectivity index (χ1n) is 11.3. The maximum absolute atomic E-state index is 12.7. The van der Waals surface area contributed by atoms with Crippen molar-refractivity contribution in [2.24, 2.45) is 0 Å². The van der Waals surface area contributed by atoms with Crippen LogP contribution in [0.1, 0.15) is 51.1 Å². The molecule has 0 aliphatic rings. The van der Waals surface area contributed by atoms with Gasteiger partial charge in [0.05, 0.1) is 16.9 Å². The van der Waals surface area contributed by atoms with E-state index < -0.39 is 0 Å². The van der Waals surface area contributed by atoms with Gasteiger partial charge in [0.1, 0.15) is 0 Å². The second kappa shape index (κ2) is 12.1. The summed E-state index contributed by atoms with van der Waals surface area (Å²) in [6.45, 7) is 7.38. The van der Waals surface area contributed by atoms with Gasteiger partial charge in [0.25, 0.3) is 5.56 Å². The van der Waals surface area contributed by atoms with Gasteiger partial charge in [-0.15, -0.1) is 0 Å². The number of hydrogen-bond donors (Lipinski definition) is 2. The van der Waals surface area contributed by atoms with Gasteiger partial charge in [0.2, 0.25) is 5.91 Å². The second-order valence-corrected chi connectivity index (χ2v) is 9.01. The van der Waals surface area contributed by atoms with E-state index in [1.165, 1.54) is 5.56 Å². The monoisotopic (exact) mass is 472 g/mol. The van der Waals surface area contributed by atoms with Crippen molar-refractivity contribution in [2.75, 3.05) is 19.6 Å². The first-order valence-corrected chi connectivity index (χ1v) is 12.6. The van der Waals surface area contributed by atoms with Crippen molar-refractivity contribution < 1.29 is 4.79 Å². The number of unbranched alkanes of at least 4 members (excludes halogenated alkanes) is 2. The third-order valence-corrected chi connectivity index (χ3v) is 6.87. The highest BCUT2D eigenvalue weighted by Gasteiger charge is 2.19. The van der Waals surface area contributed by atoms with Crippen LogP contribution in [0, 0.1) is 4.77 Å². The van der Waals surface area contributed by atoms with Gasteiger partial charge < -0.3 is 10.3 Å². The van der Waals surface area contributed by atoms with Crippen molar-refractivity contribution in [2.45, 2.75) is 52.1 Å². The number of rotatable bonds is 12. The fourth-order valence-corrected chi connectivity index (χ4v) is 5.01. The average molecular weight is 473 g/mol. The van der Waals surface area contributed by atoms with Crippen molar-refractivity contribution in [3.8, 4) is 0 Å². The Labute approximate surface area is 198 Å². The summed E-state index contributed by atoms with van der Waals surface area (Å²) in [4.78, 5) is 30.6. The normalized spacial score (nSPS) is 12.3. The molecule has 1 unspecified atom stereocenters. The summed E-state index contributed by atoms with van der Waals surface area (Å²) in [6, 6.07) is 9.75. The molecule has 0 saturated heterocycles. The van der Waals surface area contributed by atoms with Crippen LogP contribution in [-0.2, 0) is 11.3 Å². The van der Waals surface area contributed by atoms with E-state index in [2.05, 4.69) is 45.9 Å². The molecule has 6 nitrogen and oxygen atoms in total. The molecule has 2 N–H and O–H groups in total. The van der Waals surface area contributed by atoms with Crippen molar-refractivity contribution in [3.05, 3.63) is 61.8 Å². The lowest BCUT2D eigenvalue weighted by Crippen LogP contribution is -2.37. The lowest BCUT2D eigenvalue weighted by atomic mass is 10.1. The molecule has 1 aromatic carbocycles. The zero-order valence-corrected chi connectivity index (χ0v) is 20.4. The first kappa shape index (κ1) is 24.4. The Morgan fingerprint density at radius 2 is 1.97 bits per heavy atom. The van der Waals surface area contributed by atoms with Crippen LogP contribution >= 0.6 is 23.6 Å². The standard InChI is InChI=1S/C24H32N4O2S2/c1-3-27(4-2)21(18-13-15-32-17-18)16-25-22(29)12-6-5-9-14-28-23(30)19-10-7-8-11-20(19)26-24(28)31/h7-8,10-11,13,15,17,21H,3-6,9,12,14,16H2,1-2H3,(H,25,29)(H,26,31). The van der Waals surface area contributed by atoms with Crippen molar-refractivity contribution >= 4 is 40.4 Å². The molecule has 0 aliphatic heterocycles. The third kappa shape index (κ3) is 6.15. The predicted molar refractivity (Wildman–Crippen MR) is 135 cm³/mol. The SMILES string of the molecule is CCN(CC)C(CNC(=O)CCCCCn1c(=S)[nH]c2ccccc2c1=O)c1ccsc1. The summed E-state index contributed by atoms with van der Waals surface area (Å²) in [7, 11) is 0. The number of fused-ring (bicyclic) bond motifs is 1. The number of nitrogens with zero attached hydrogens (tertiary/aromatic N) is 2. The number of thiophene rings is 1. The third-order valence-electron chi connectivity index (χ3n) is 5.85. The quantitative estimate of drug-likeness (QED) is 0.291. The Bertz CT molecular complexity index is 1120. The van der Waals surface area contributed by atoms with E-state index in [9.17, 15) is 9.59 Å². The van der Waals surface area contributed by atoms with Crippen LogP contribution < -0.4 is 10.9 Å². The van der Waals surface area contributed by atoms with Gasteiger partial charge in [0, 0.05) is 19.5 Å². The molecule has 172 valence electrons. The molecule has 3 aromatic rings. The van der Waals surface area contributed by atoms with Crippen LogP contribution in [0.2, 0.25) is 0 Å². The minimum absolute atomic E-state index is 0.0574. The van der Waals surface area contributed by atoms with Crippen LogP contribution in [0.15, 0.2) is 45.9 Å². The molecule has 8 heteroatoms. The van der Waals surface area contributed by atoms with Crippen molar-refractivity contribution in [1.29, 1.82) is 0 Å². The molecule has 0 aliphatic carbocycles. The highest BCUT2D eigenvalue weighted by atomic mass is 32.1. The molecule has 1 amide bonds. The first-order chi connectivity index (χ1) is 15.5. The van der Waals surface area contributed by atoms with Crippen LogP contribution in [0.25, 0.3) is 10.9 Å². The molecular weight excluding hydrogens is 440 g/mol. The zero-order valence-electron chi connectivity index (χ0n) is 18.8. The highest BCUT2D eigenvalue weighted by Crippen LogP contribution is 2.22. The number of amides is 1. The molecule has 0 fully saturated rings. The number of hydrogen-bond acceptors (Lipinski definition) is 5. The maximum atomic E-state index is 12.7. The van der Waals surface area contributed by atoms with E-state index in [0.717, 1.165) is 37.9 Å². The Balaban J connectivity index is 1.45. The molecule has 2 heterocycles. The number of carbonyl (C=O) groups is 1. The summed E-state index contributed by atoms with van der Waals surface area (Å²) in [5.74, 6) is 0.0811. The molecule has 0 saturated carbocycles. The summed E-state index contributed by atoms with van der Waals surface area (Å²) in [5.41, 5.74) is 1.97. The van der Waals surface area contributed by atoms with Crippen LogP contribution in [0.4, 0.5) is 0 Å². The van der Waals surface area contributed by atoms with E-state index in [1.54, 1.807) is 15.9 Å². The van der Waals surface area contributed by atoms with Gasteiger partial charge in [0.15, 0.2) is 4.77 Å². The molecule has 0 spiro atoms. The predicted octanol–water partition coefficient (Wildman–Crippen LogP) is 4.88. The number of carbonyl (C=O) groups excluding carboxylic acids is 1. The van der Waals surface area contributed by atoms with Gasteiger partial charge in [-0.05, 0) is 72.7 Å². The molecule has 2 aromatic heterocycles. The molecular formula is C24H32N4O2S2. The highest BCUT2D eigenvalue weighted by molar-refractivity contribution is 7.71. The fraction of sp³-hybridized carbons (Fsp3) is 0.458. The Morgan fingerprint density at radius 3 is 2.69 bits per heavy atom. The van der Waals surface area contributed by atoms with Crippen molar-refractivity contribution in [1.82, 2.24) is 19.8 Å². The minimum atomic E-state index is -0.0574. The Hall–Kier alpha value is -2.29. The number of likely N-dealkylation sites (N-methyl/N-ethyl adjacent to an activating group) is 1. The topological polar surface area (TPSA) is 70.1 Å². The van der Waals surface area contributed by atoms with E-state index in [-0.39, 0.29) is 17.5 Å². The molecule has 1 atom stereocenters. The Morgan fingerprint density at radius 1 is 1.19 bits per heavy atom. The average Bonchev–Trinajstić information content (AvgIpc) is 3.33. The van der Waals surface area contributed by atoms with Crippen LogP contribution in [0.3, 0.4) is 0 Å². The second-order valence-electron chi connectivity index (χ2n) is 7.84. The zero-order chi connectivity index (χ0) is 22.9. The summed E-state index contributed by atoms with van der Waals surface area (Å²) in [5, 5.41) is 8.01. The largest absolute Gasteiger partial charge is 0.354 e. The minimum Gasteiger partial charge on any atom is -0.354 e. The van der Waals surface area contributed by atoms with Gasteiger partial charge in [-0.25, -0.2) is 0 Å². The maximum Gasteiger partial charge on any atom is 0.262 e. The number of benzene rings is 1. The van der Waals surface area contributed by atoms with E-state index in [1.807, 2.05) is 24.3 Å². The summed E-state index contributed by atoms with van der Waals surface area (Å²) < 4.78 is 2.06. The van der Waals surface area contributed by atoms with Gasteiger partial charge in [-0.3, -0.25) is 19.1 Å². The number of H-pyrrole nitrogens is 1. The smallest absolute Gasteiger partial charge is 0.262 e. The van der Waals surface area contributed by atoms with E-state index in [4.69, 9.17) is 12.2 Å². The molecule has 32 heavy (non-hydrogen) atoms. The number of aromatic nitrogens is 2. The van der Waals surface area contributed by atoms with Gasteiger partial charge in [-0.2, -0.15) is 11.3 Å². The van der Waals surface area contributed by atoms with Gasteiger partial charge in [-0.1, -0.05) is 32.4 Å². The number of aromatic amines is 1. The van der Waals surface area contributed by atoms with Gasteiger partial charge >= 0.3 is 0 Å². The number of para-hydroxylation sites is 1. The number of nitrogens with one attached hydrogen (secondary N) is 2. The van der Waals surface area contributed by atoms with Crippen molar-refractivity contribution in [3.63, 3.8) is 0 Å². The fourth-order valence-electron chi connectivity index (χ4n) is 4.02. The lowest BCUT2D eigenvalue weighted by Gasteiger charge is -2.29. The Kier molecular flexibility index (Phi) is 9.20. The van der Waals surface area contributed by atoms with E-state index in [0.29, 0.717) is 29.7 Å². The van der Waals surface area contributed by atoms with Crippen LogP contribution in [0.5, 0.6) is 0 Å². The molecule has 0 radical (unpaired) electrons. The van der Waals surface area contributed by atoms with E-state index >= 15 is 0 Å². The molecule has 0 bridgehead atoms.